The average Bonchev–Trinajstić information content (AvgIpc) is 2.51. The molecule has 0 atom stereocenters. The molecule has 0 aliphatic heterocycles. The largest absolute Gasteiger partial charge is 0.348 e. The number of amides is 1. The summed E-state index contributed by atoms with van der Waals surface area (Å²) < 4.78 is 0. The highest BCUT2D eigenvalue weighted by molar-refractivity contribution is 6.30. The maximum absolute atomic E-state index is 11.7. The van der Waals surface area contributed by atoms with Crippen molar-refractivity contribution < 1.29 is 9.72 Å². The molecule has 2 aromatic carbocycles. The van der Waals surface area contributed by atoms with E-state index >= 15 is 0 Å². The standard InChI is InChI=1S/C16H13ClN2O3/c17-14-5-1-4-13(9-14)11-18-16(20)8-7-12-3-2-6-15(10-12)19(21)22/h1-10H,11H2,(H,18,20)/b8-7+. The zero-order valence-corrected chi connectivity index (χ0v) is 12.3. The minimum absolute atomic E-state index is 0.0125. The quantitative estimate of drug-likeness (QED) is 0.520. The molecular formula is C16H13ClN2O3. The maximum Gasteiger partial charge on any atom is 0.270 e. The van der Waals surface area contributed by atoms with Crippen LogP contribution >= 0.6 is 11.6 Å². The number of nitrogens with one attached hydrogen (secondary N) is 1. The van der Waals surface area contributed by atoms with Crippen molar-refractivity contribution in [2.75, 3.05) is 0 Å². The summed E-state index contributed by atoms with van der Waals surface area (Å²) in [6.45, 7) is 0.360. The van der Waals surface area contributed by atoms with E-state index in [2.05, 4.69) is 5.32 Å². The third-order valence-electron chi connectivity index (χ3n) is 2.86. The first kappa shape index (κ1) is 15.7. The van der Waals surface area contributed by atoms with Crippen molar-refractivity contribution in [3.05, 3.63) is 80.9 Å². The first-order valence-corrected chi connectivity index (χ1v) is 6.87. The van der Waals surface area contributed by atoms with Crippen LogP contribution in [0, 0.1) is 10.1 Å². The maximum atomic E-state index is 11.7. The van der Waals surface area contributed by atoms with Crippen molar-refractivity contribution >= 4 is 29.3 Å². The second kappa shape index (κ2) is 7.38. The van der Waals surface area contributed by atoms with Gasteiger partial charge in [0.05, 0.1) is 4.92 Å². The number of non-ortho nitro benzene ring substituents is 1. The van der Waals surface area contributed by atoms with Crippen molar-refractivity contribution in [2.45, 2.75) is 6.54 Å². The lowest BCUT2D eigenvalue weighted by Crippen LogP contribution is -2.20. The monoisotopic (exact) mass is 316 g/mol. The molecule has 0 unspecified atom stereocenters. The van der Waals surface area contributed by atoms with Crippen LogP contribution in [0.4, 0.5) is 5.69 Å². The van der Waals surface area contributed by atoms with Crippen LogP contribution in [-0.2, 0) is 11.3 Å². The van der Waals surface area contributed by atoms with Gasteiger partial charge in [0.15, 0.2) is 0 Å². The summed E-state index contributed by atoms with van der Waals surface area (Å²) in [5, 5.41) is 14.0. The van der Waals surface area contributed by atoms with Crippen LogP contribution in [0.3, 0.4) is 0 Å². The van der Waals surface area contributed by atoms with E-state index in [9.17, 15) is 14.9 Å². The summed E-state index contributed by atoms with van der Waals surface area (Å²) in [4.78, 5) is 21.9. The molecule has 0 fully saturated rings. The normalized spacial score (nSPS) is 10.6. The van der Waals surface area contributed by atoms with Crippen LogP contribution in [0.15, 0.2) is 54.6 Å². The molecule has 0 spiro atoms. The summed E-state index contributed by atoms with van der Waals surface area (Å²) >= 11 is 5.86. The Morgan fingerprint density at radius 2 is 2.00 bits per heavy atom. The van der Waals surface area contributed by atoms with E-state index in [1.165, 1.54) is 24.3 Å². The molecule has 0 aromatic heterocycles. The van der Waals surface area contributed by atoms with E-state index < -0.39 is 4.92 Å². The van der Waals surface area contributed by atoms with Gasteiger partial charge >= 0.3 is 0 Å². The summed E-state index contributed by atoms with van der Waals surface area (Å²) in [7, 11) is 0. The molecule has 6 heteroatoms. The van der Waals surface area contributed by atoms with Crippen LogP contribution in [-0.4, -0.2) is 10.8 Å². The number of nitro benzene ring substituents is 1. The zero-order chi connectivity index (χ0) is 15.9. The molecule has 22 heavy (non-hydrogen) atoms. The zero-order valence-electron chi connectivity index (χ0n) is 11.5. The number of nitro groups is 1. The first-order valence-electron chi connectivity index (χ1n) is 6.49. The second-order valence-corrected chi connectivity index (χ2v) is 4.97. The molecule has 0 heterocycles. The van der Waals surface area contributed by atoms with E-state index in [-0.39, 0.29) is 11.6 Å². The number of rotatable bonds is 5. The number of benzene rings is 2. The number of carbonyl (C=O) groups excluding carboxylic acids is 1. The van der Waals surface area contributed by atoms with Crippen molar-refractivity contribution in [3.63, 3.8) is 0 Å². The van der Waals surface area contributed by atoms with Crippen LogP contribution < -0.4 is 5.32 Å². The fourth-order valence-corrected chi connectivity index (χ4v) is 2.02. The van der Waals surface area contributed by atoms with Crippen LogP contribution in [0.25, 0.3) is 6.08 Å². The Balaban J connectivity index is 1.94. The van der Waals surface area contributed by atoms with Gasteiger partial charge in [-0.25, -0.2) is 0 Å². The van der Waals surface area contributed by atoms with Crippen molar-refractivity contribution in [2.24, 2.45) is 0 Å². The number of carbonyl (C=O) groups is 1. The van der Waals surface area contributed by atoms with Crippen LogP contribution in [0.2, 0.25) is 5.02 Å². The summed E-state index contributed by atoms with van der Waals surface area (Å²) in [5.41, 5.74) is 1.47. The first-order chi connectivity index (χ1) is 10.5. The Labute approximate surface area is 132 Å². The number of nitrogens with zero attached hydrogens (tertiary/aromatic N) is 1. The van der Waals surface area contributed by atoms with Crippen molar-refractivity contribution in [1.82, 2.24) is 5.32 Å². The van der Waals surface area contributed by atoms with Gasteiger partial charge in [-0.05, 0) is 29.3 Å². The highest BCUT2D eigenvalue weighted by atomic mass is 35.5. The minimum atomic E-state index is -0.476. The molecule has 2 aromatic rings. The third kappa shape index (κ3) is 4.71. The average molecular weight is 317 g/mol. The van der Waals surface area contributed by atoms with Crippen LogP contribution in [0.1, 0.15) is 11.1 Å². The van der Waals surface area contributed by atoms with Crippen molar-refractivity contribution in [3.8, 4) is 0 Å². The molecule has 1 amide bonds. The molecule has 5 nitrogen and oxygen atoms in total. The number of hydrogen-bond acceptors (Lipinski definition) is 3. The molecule has 0 radical (unpaired) electrons. The van der Waals surface area contributed by atoms with Gasteiger partial charge in [-0.3, -0.25) is 14.9 Å². The molecule has 0 saturated heterocycles. The van der Waals surface area contributed by atoms with E-state index in [4.69, 9.17) is 11.6 Å². The highest BCUT2D eigenvalue weighted by Gasteiger charge is 2.04. The van der Waals surface area contributed by atoms with Gasteiger partial charge in [0.25, 0.3) is 5.69 Å². The van der Waals surface area contributed by atoms with Gasteiger partial charge in [0, 0.05) is 29.8 Å². The van der Waals surface area contributed by atoms with Gasteiger partial charge in [-0.1, -0.05) is 35.9 Å². The van der Waals surface area contributed by atoms with Gasteiger partial charge in [-0.15, -0.1) is 0 Å². The molecule has 1 N–H and O–H groups in total. The third-order valence-corrected chi connectivity index (χ3v) is 3.10. The van der Waals surface area contributed by atoms with E-state index in [1.54, 1.807) is 24.3 Å². The molecule has 0 aliphatic carbocycles. The topological polar surface area (TPSA) is 72.2 Å². The molecule has 0 bridgehead atoms. The van der Waals surface area contributed by atoms with Gasteiger partial charge in [0.2, 0.25) is 5.91 Å². The molecule has 112 valence electrons. The number of hydrogen-bond donors (Lipinski definition) is 1. The molecule has 0 saturated carbocycles. The Hall–Kier alpha value is -2.66. The lowest BCUT2D eigenvalue weighted by molar-refractivity contribution is -0.384. The molecule has 0 aliphatic rings. The summed E-state index contributed by atoms with van der Waals surface area (Å²) in [6, 6.07) is 13.3. The fraction of sp³-hybridized carbons (Fsp3) is 0.0625. The SMILES string of the molecule is O=C(/C=C/c1cccc([N+](=O)[O-])c1)NCc1cccc(Cl)c1. The fourth-order valence-electron chi connectivity index (χ4n) is 1.81. The molecule has 2 rings (SSSR count). The van der Waals surface area contributed by atoms with Crippen molar-refractivity contribution in [1.29, 1.82) is 0 Å². The van der Waals surface area contributed by atoms with E-state index in [0.717, 1.165) is 5.56 Å². The Kier molecular flexibility index (Phi) is 5.27. The Morgan fingerprint density at radius 1 is 1.23 bits per heavy atom. The van der Waals surface area contributed by atoms with Gasteiger partial charge in [-0.2, -0.15) is 0 Å². The Morgan fingerprint density at radius 3 is 2.73 bits per heavy atom. The predicted molar refractivity (Wildman–Crippen MR) is 85.4 cm³/mol. The predicted octanol–water partition coefficient (Wildman–Crippen LogP) is 3.58. The smallest absolute Gasteiger partial charge is 0.270 e. The summed E-state index contributed by atoms with van der Waals surface area (Å²) in [5.74, 6) is -0.286. The van der Waals surface area contributed by atoms with Crippen LogP contribution in [0.5, 0.6) is 0 Å². The molecular weight excluding hydrogens is 304 g/mol. The lowest BCUT2D eigenvalue weighted by atomic mass is 10.2. The van der Waals surface area contributed by atoms with Gasteiger partial charge < -0.3 is 5.32 Å². The summed E-state index contributed by atoms with van der Waals surface area (Å²) in [6.07, 6.45) is 2.86. The second-order valence-electron chi connectivity index (χ2n) is 4.53. The number of halogens is 1. The van der Waals surface area contributed by atoms with Gasteiger partial charge in [0.1, 0.15) is 0 Å². The highest BCUT2D eigenvalue weighted by Crippen LogP contribution is 2.14. The van der Waals surface area contributed by atoms with E-state index in [1.807, 2.05) is 12.1 Å². The lowest BCUT2D eigenvalue weighted by Gasteiger charge is -2.02. The minimum Gasteiger partial charge on any atom is -0.348 e. The van der Waals surface area contributed by atoms with E-state index in [0.29, 0.717) is 17.1 Å². The Bertz CT molecular complexity index is 729.